The third kappa shape index (κ3) is 2.60. The van der Waals surface area contributed by atoms with E-state index in [1.165, 1.54) is 6.42 Å². The van der Waals surface area contributed by atoms with Crippen molar-refractivity contribution in [1.29, 1.82) is 0 Å². The number of aliphatic hydroxyl groups is 1. The number of rotatable bonds is 1. The van der Waals surface area contributed by atoms with Crippen molar-refractivity contribution in [2.45, 2.75) is 64.4 Å². The lowest BCUT2D eigenvalue weighted by Gasteiger charge is -2.32. The molecule has 1 aliphatic carbocycles. The molecule has 92 valence electrons. The van der Waals surface area contributed by atoms with E-state index in [4.69, 9.17) is 4.74 Å². The third-order valence-corrected chi connectivity index (χ3v) is 4.05. The number of hydrogen-bond donors (Lipinski definition) is 1. The molecule has 0 saturated heterocycles. The molecule has 0 bridgehead atoms. The van der Waals surface area contributed by atoms with Crippen molar-refractivity contribution >= 4 is 0 Å². The van der Waals surface area contributed by atoms with Gasteiger partial charge >= 0.3 is 0 Å². The van der Waals surface area contributed by atoms with Crippen LogP contribution in [0, 0.1) is 5.41 Å². The molecular formula is C14H24O2. The van der Waals surface area contributed by atoms with Crippen LogP contribution in [0.2, 0.25) is 0 Å². The second-order valence-electron chi connectivity index (χ2n) is 6.11. The van der Waals surface area contributed by atoms with Crippen LogP contribution in [-0.4, -0.2) is 17.3 Å². The fourth-order valence-electron chi connectivity index (χ4n) is 2.78. The Kier molecular flexibility index (Phi) is 3.29. The van der Waals surface area contributed by atoms with Crippen LogP contribution in [0.25, 0.3) is 0 Å². The van der Waals surface area contributed by atoms with Gasteiger partial charge in [-0.2, -0.15) is 0 Å². The summed E-state index contributed by atoms with van der Waals surface area (Å²) in [5.74, 6) is 0.858. The number of ether oxygens (including phenoxy) is 1. The van der Waals surface area contributed by atoms with Crippen LogP contribution < -0.4 is 0 Å². The summed E-state index contributed by atoms with van der Waals surface area (Å²) in [6.45, 7) is 5.38. The van der Waals surface area contributed by atoms with Gasteiger partial charge in [-0.25, -0.2) is 0 Å². The van der Waals surface area contributed by atoms with Crippen molar-refractivity contribution in [2.24, 2.45) is 5.41 Å². The summed E-state index contributed by atoms with van der Waals surface area (Å²) < 4.78 is 5.66. The van der Waals surface area contributed by atoms with Gasteiger partial charge in [-0.1, -0.05) is 13.8 Å². The average molecular weight is 224 g/mol. The van der Waals surface area contributed by atoms with Gasteiger partial charge in [0.2, 0.25) is 0 Å². The van der Waals surface area contributed by atoms with Crippen LogP contribution in [0.1, 0.15) is 58.8 Å². The molecule has 2 aliphatic rings. The summed E-state index contributed by atoms with van der Waals surface area (Å²) in [6, 6.07) is 0. The molecule has 2 heteroatoms. The summed E-state index contributed by atoms with van der Waals surface area (Å²) in [6.07, 6.45) is 9.36. The van der Waals surface area contributed by atoms with E-state index in [0.717, 1.165) is 50.9 Å². The molecule has 0 amide bonds. The van der Waals surface area contributed by atoms with Crippen molar-refractivity contribution in [3.63, 3.8) is 0 Å². The fraction of sp³-hybridized carbons (Fsp3) is 0.857. The lowest BCUT2D eigenvalue weighted by atomic mass is 9.83. The Morgan fingerprint density at radius 2 is 1.94 bits per heavy atom. The molecule has 1 fully saturated rings. The Labute approximate surface area is 98.7 Å². The van der Waals surface area contributed by atoms with E-state index in [-0.39, 0.29) is 0 Å². The van der Waals surface area contributed by atoms with Gasteiger partial charge in [0.05, 0.1) is 6.61 Å². The van der Waals surface area contributed by atoms with E-state index in [1.807, 2.05) is 0 Å². The van der Waals surface area contributed by atoms with Crippen LogP contribution in [0.3, 0.4) is 0 Å². The summed E-state index contributed by atoms with van der Waals surface area (Å²) in [7, 11) is 0. The Hall–Kier alpha value is -0.500. The molecule has 0 spiro atoms. The maximum atomic E-state index is 10.7. The van der Waals surface area contributed by atoms with Crippen molar-refractivity contribution in [2.75, 3.05) is 6.61 Å². The summed E-state index contributed by atoms with van der Waals surface area (Å²) in [4.78, 5) is 0. The van der Waals surface area contributed by atoms with Crippen LogP contribution in [0.4, 0.5) is 0 Å². The SMILES string of the molecule is CC1(C)CCCC(O)(C2=CCCCO2)CC1. The molecule has 1 N–H and O–H groups in total. The highest BCUT2D eigenvalue weighted by atomic mass is 16.5. The second-order valence-corrected chi connectivity index (χ2v) is 6.11. The predicted octanol–water partition coefficient (Wildman–Crippen LogP) is 3.40. The first-order chi connectivity index (χ1) is 7.52. The maximum Gasteiger partial charge on any atom is 0.124 e. The zero-order valence-corrected chi connectivity index (χ0v) is 10.6. The van der Waals surface area contributed by atoms with E-state index in [9.17, 15) is 5.11 Å². The molecule has 0 radical (unpaired) electrons. The van der Waals surface area contributed by atoms with Crippen molar-refractivity contribution in [3.8, 4) is 0 Å². The van der Waals surface area contributed by atoms with Gasteiger partial charge in [0.1, 0.15) is 11.4 Å². The number of allylic oxidation sites excluding steroid dienone is 1. The molecular weight excluding hydrogens is 200 g/mol. The predicted molar refractivity (Wildman–Crippen MR) is 65.1 cm³/mol. The lowest BCUT2D eigenvalue weighted by Crippen LogP contribution is -2.33. The largest absolute Gasteiger partial charge is 0.495 e. The topological polar surface area (TPSA) is 29.5 Å². The van der Waals surface area contributed by atoms with E-state index < -0.39 is 5.60 Å². The van der Waals surface area contributed by atoms with Crippen LogP contribution in [0.15, 0.2) is 11.8 Å². The molecule has 16 heavy (non-hydrogen) atoms. The quantitative estimate of drug-likeness (QED) is 0.692. The van der Waals surface area contributed by atoms with E-state index in [2.05, 4.69) is 19.9 Å². The maximum absolute atomic E-state index is 10.7. The van der Waals surface area contributed by atoms with E-state index in [0.29, 0.717) is 5.41 Å². The molecule has 0 aromatic carbocycles. The first kappa shape index (κ1) is 12.0. The number of hydrogen-bond acceptors (Lipinski definition) is 2. The van der Waals surface area contributed by atoms with Crippen LogP contribution in [-0.2, 0) is 4.74 Å². The molecule has 0 aromatic heterocycles. The minimum atomic E-state index is -0.672. The van der Waals surface area contributed by atoms with Gasteiger partial charge < -0.3 is 9.84 Å². The van der Waals surface area contributed by atoms with Gasteiger partial charge in [-0.15, -0.1) is 0 Å². The summed E-state index contributed by atoms with van der Waals surface area (Å²) in [5, 5.41) is 10.7. The third-order valence-electron chi connectivity index (χ3n) is 4.05. The molecule has 0 aromatic rings. The molecule has 1 unspecified atom stereocenters. The first-order valence-electron chi connectivity index (χ1n) is 6.58. The van der Waals surface area contributed by atoms with Gasteiger partial charge in [0, 0.05) is 0 Å². The van der Waals surface area contributed by atoms with E-state index in [1.54, 1.807) is 0 Å². The molecule has 1 atom stereocenters. The van der Waals surface area contributed by atoms with Gasteiger partial charge in [0.15, 0.2) is 0 Å². The molecule has 2 rings (SSSR count). The molecule has 2 nitrogen and oxygen atoms in total. The van der Waals surface area contributed by atoms with Crippen molar-refractivity contribution in [3.05, 3.63) is 11.8 Å². The summed E-state index contributed by atoms with van der Waals surface area (Å²) in [5.41, 5.74) is -0.298. The van der Waals surface area contributed by atoms with Crippen LogP contribution in [0.5, 0.6) is 0 Å². The zero-order valence-electron chi connectivity index (χ0n) is 10.6. The molecule has 1 aliphatic heterocycles. The lowest BCUT2D eigenvalue weighted by molar-refractivity contribution is -0.00859. The highest BCUT2D eigenvalue weighted by Gasteiger charge is 2.38. The van der Waals surface area contributed by atoms with Crippen molar-refractivity contribution in [1.82, 2.24) is 0 Å². The first-order valence-corrected chi connectivity index (χ1v) is 6.58. The minimum Gasteiger partial charge on any atom is -0.495 e. The standard InChI is InChI=1S/C14H24O2/c1-13(2)7-5-8-14(15,10-9-13)12-6-3-4-11-16-12/h6,15H,3-5,7-11H2,1-2H3. The van der Waals surface area contributed by atoms with Gasteiger partial charge in [-0.05, 0) is 56.4 Å². The smallest absolute Gasteiger partial charge is 0.124 e. The zero-order chi connectivity index (χ0) is 11.6. The normalized spacial score (nSPS) is 34.8. The van der Waals surface area contributed by atoms with Crippen LogP contribution >= 0.6 is 0 Å². The molecule has 1 saturated carbocycles. The Bertz CT molecular complexity index is 280. The Morgan fingerprint density at radius 1 is 1.12 bits per heavy atom. The Balaban J connectivity index is 2.09. The monoisotopic (exact) mass is 224 g/mol. The van der Waals surface area contributed by atoms with Crippen molar-refractivity contribution < 1.29 is 9.84 Å². The minimum absolute atomic E-state index is 0.375. The highest BCUT2D eigenvalue weighted by Crippen LogP contribution is 2.41. The fourth-order valence-corrected chi connectivity index (χ4v) is 2.78. The van der Waals surface area contributed by atoms with Gasteiger partial charge in [0.25, 0.3) is 0 Å². The summed E-state index contributed by atoms with van der Waals surface area (Å²) >= 11 is 0. The van der Waals surface area contributed by atoms with Gasteiger partial charge in [-0.3, -0.25) is 0 Å². The highest BCUT2D eigenvalue weighted by molar-refractivity contribution is 5.12. The molecule has 1 heterocycles. The van der Waals surface area contributed by atoms with E-state index >= 15 is 0 Å². The second kappa shape index (κ2) is 4.40. The average Bonchev–Trinajstić information content (AvgIpc) is 2.41. The Morgan fingerprint density at radius 3 is 2.62 bits per heavy atom.